The highest BCUT2D eigenvalue weighted by Gasteiger charge is 2.12. The number of carbonyl (C=O) groups excluding carboxylic acids is 1. The van der Waals surface area contributed by atoms with Crippen LogP contribution in [0.5, 0.6) is 0 Å². The van der Waals surface area contributed by atoms with Crippen LogP contribution in [0.1, 0.15) is 16.1 Å². The lowest BCUT2D eigenvalue weighted by Crippen LogP contribution is -1.97. The van der Waals surface area contributed by atoms with Gasteiger partial charge in [-0.05, 0) is 17.7 Å². The Morgan fingerprint density at radius 1 is 1.47 bits per heavy atom. The van der Waals surface area contributed by atoms with Crippen LogP contribution in [0.2, 0.25) is 0 Å². The number of halogens is 1. The highest BCUT2D eigenvalue weighted by atomic mass is 79.9. The fourth-order valence-electron chi connectivity index (χ4n) is 1.36. The molecule has 4 heteroatoms. The molecule has 2 aromatic rings. The lowest BCUT2D eigenvalue weighted by Gasteiger charge is -1.93. The first-order chi connectivity index (χ1) is 7.24. The summed E-state index contributed by atoms with van der Waals surface area (Å²) >= 11 is 3.36. The van der Waals surface area contributed by atoms with E-state index in [1.165, 1.54) is 7.11 Å². The molecule has 1 aromatic carbocycles. The SMILES string of the molecule is COC(=O)c1cc2ccc(CBr)cc2o1. The normalized spacial score (nSPS) is 10.5. The van der Waals surface area contributed by atoms with Crippen LogP contribution in [0, 0.1) is 0 Å². The van der Waals surface area contributed by atoms with Crippen LogP contribution >= 0.6 is 15.9 Å². The Labute approximate surface area is 95.1 Å². The number of rotatable bonds is 2. The molecule has 15 heavy (non-hydrogen) atoms. The first-order valence-corrected chi connectivity index (χ1v) is 5.53. The summed E-state index contributed by atoms with van der Waals surface area (Å²) in [6, 6.07) is 7.48. The third-order valence-electron chi connectivity index (χ3n) is 2.13. The molecule has 1 heterocycles. The summed E-state index contributed by atoms with van der Waals surface area (Å²) in [5.41, 5.74) is 1.81. The third-order valence-corrected chi connectivity index (χ3v) is 2.77. The molecule has 0 saturated heterocycles. The summed E-state index contributed by atoms with van der Waals surface area (Å²) in [7, 11) is 1.33. The van der Waals surface area contributed by atoms with Crippen LogP contribution in [0.25, 0.3) is 11.0 Å². The topological polar surface area (TPSA) is 39.4 Å². The second-order valence-electron chi connectivity index (χ2n) is 3.11. The minimum absolute atomic E-state index is 0.235. The van der Waals surface area contributed by atoms with Crippen molar-refractivity contribution in [3.05, 3.63) is 35.6 Å². The van der Waals surface area contributed by atoms with E-state index in [0.717, 1.165) is 16.3 Å². The van der Waals surface area contributed by atoms with E-state index in [1.54, 1.807) is 6.07 Å². The Kier molecular flexibility index (Phi) is 2.77. The van der Waals surface area contributed by atoms with E-state index in [2.05, 4.69) is 20.7 Å². The van der Waals surface area contributed by atoms with Gasteiger partial charge in [0.05, 0.1) is 7.11 Å². The van der Waals surface area contributed by atoms with Gasteiger partial charge in [-0.25, -0.2) is 4.79 Å². The van der Waals surface area contributed by atoms with Crippen molar-refractivity contribution in [3.8, 4) is 0 Å². The number of benzene rings is 1. The van der Waals surface area contributed by atoms with E-state index >= 15 is 0 Å². The van der Waals surface area contributed by atoms with Crippen LogP contribution in [-0.2, 0) is 10.1 Å². The molecule has 0 aliphatic rings. The molecule has 0 spiro atoms. The molecule has 0 aliphatic carbocycles. The van der Waals surface area contributed by atoms with Crippen molar-refractivity contribution in [2.75, 3.05) is 7.11 Å². The average Bonchev–Trinajstić information content (AvgIpc) is 2.70. The summed E-state index contributed by atoms with van der Waals surface area (Å²) in [4.78, 5) is 11.2. The maximum Gasteiger partial charge on any atom is 0.373 e. The highest BCUT2D eigenvalue weighted by molar-refractivity contribution is 9.08. The van der Waals surface area contributed by atoms with Gasteiger partial charge in [0.2, 0.25) is 5.76 Å². The van der Waals surface area contributed by atoms with Gasteiger partial charge in [-0.3, -0.25) is 0 Å². The molecule has 3 nitrogen and oxygen atoms in total. The molecule has 2 rings (SSSR count). The van der Waals surface area contributed by atoms with E-state index in [9.17, 15) is 4.79 Å². The Hall–Kier alpha value is -1.29. The zero-order valence-electron chi connectivity index (χ0n) is 8.12. The number of alkyl halides is 1. The third kappa shape index (κ3) is 1.90. The van der Waals surface area contributed by atoms with Crippen LogP contribution in [-0.4, -0.2) is 13.1 Å². The Bertz CT molecular complexity index is 502. The van der Waals surface area contributed by atoms with Gasteiger partial charge in [-0.15, -0.1) is 0 Å². The van der Waals surface area contributed by atoms with Crippen molar-refractivity contribution in [1.29, 1.82) is 0 Å². The van der Waals surface area contributed by atoms with Crippen molar-refractivity contribution < 1.29 is 13.9 Å². The van der Waals surface area contributed by atoms with E-state index < -0.39 is 5.97 Å². The zero-order valence-corrected chi connectivity index (χ0v) is 9.71. The summed E-state index contributed by atoms with van der Waals surface area (Å²) in [6.07, 6.45) is 0. The summed E-state index contributed by atoms with van der Waals surface area (Å²) in [5, 5.41) is 1.66. The molecule has 0 fully saturated rings. The molecular formula is C11H9BrO3. The van der Waals surface area contributed by atoms with Gasteiger partial charge in [0.25, 0.3) is 0 Å². The number of esters is 1. The Morgan fingerprint density at radius 3 is 2.93 bits per heavy atom. The van der Waals surface area contributed by atoms with Crippen LogP contribution < -0.4 is 0 Å². The first-order valence-electron chi connectivity index (χ1n) is 4.41. The van der Waals surface area contributed by atoms with Crippen LogP contribution in [0.15, 0.2) is 28.7 Å². The fourth-order valence-corrected chi connectivity index (χ4v) is 1.71. The van der Waals surface area contributed by atoms with E-state index in [-0.39, 0.29) is 5.76 Å². The van der Waals surface area contributed by atoms with Crippen molar-refractivity contribution in [3.63, 3.8) is 0 Å². The molecule has 78 valence electrons. The predicted molar refractivity (Wildman–Crippen MR) is 60.2 cm³/mol. The van der Waals surface area contributed by atoms with Crippen molar-refractivity contribution in [2.24, 2.45) is 0 Å². The molecule has 0 radical (unpaired) electrons. The number of hydrogen-bond donors (Lipinski definition) is 0. The number of fused-ring (bicyclic) bond motifs is 1. The van der Waals surface area contributed by atoms with Crippen molar-refractivity contribution in [1.82, 2.24) is 0 Å². The largest absolute Gasteiger partial charge is 0.463 e. The smallest absolute Gasteiger partial charge is 0.373 e. The maximum absolute atomic E-state index is 11.2. The first kappa shape index (κ1) is 10.2. The second kappa shape index (κ2) is 4.06. The van der Waals surface area contributed by atoms with Gasteiger partial charge >= 0.3 is 5.97 Å². The van der Waals surface area contributed by atoms with Gasteiger partial charge in [-0.1, -0.05) is 28.1 Å². The lowest BCUT2D eigenvalue weighted by atomic mass is 10.2. The van der Waals surface area contributed by atoms with Gasteiger partial charge in [0.15, 0.2) is 0 Å². The number of ether oxygens (including phenoxy) is 1. The van der Waals surface area contributed by atoms with Crippen molar-refractivity contribution >= 4 is 32.9 Å². The Balaban J connectivity index is 2.51. The quantitative estimate of drug-likeness (QED) is 0.621. The standard InChI is InChI=1S/C11H9BrO3/c1-14-11(13)10-5-8-3-2-7(6-12)4-9(8)15-10/h2-5H,6H2,1H3. The zero-order chi connectivity index (χ0) is 10.8. The van der Waals surface area contributed by atoms with Crippen molar-refractivity contribution in [2.45, 2.75) is 5.33 Å². The molecule has 0 aliphatic heterocycles. The summed E-state index contributed by atoms with van der Waals surface area (Å²) < 4.78 is 9.95. The van der Waals surface area contributed by atoms with E-state index in [4.69, 9.17) is 4.42 Å². The molecule has 0 bridgehead atoms. The maximum atomic E-state index is 11.2. The fraction of sp³-hybridized carbons (Fsp3) is 0.182. The molecular weight excluding hydrogens is 260 g/mol. The van der Waals surface area contributed by atoms with Crippen LogP contribution in [0.4, 0.5) is 0 Å². The molecule has 0 atom stereocenters. The molecule has 0 N–H and O–H groups in total. The average molecular weight is 269 g/mol. The predicted octanol–water partition coefficient (Wildman–Crippen LogP) is 3.11. The van der Waals surface area contributed by atoms with E-state index in [0.29, 0.717) is 5.58 Å². The number of furan rings is 1. The molecule has 0 amide bonds. The van der Waals surface area contributed by atoms with Crippen LogP contribution in [0.3, 0.4) is 0 Å². The number of methoxy groups -OCH3 is 1. The minimum atomic E-state index is -0.452. The minimum Gasteiger partial charge on any atom is -0.463 e. The highest BCUT2D eigenvalue weighted by Crippen LogP contribution is 2.22. The van der Waals surface area contributed by atoms with Gasteiger partial charge in [0.1, 0.15) is 5.58 Å². The molecule has 0 unspecified atom stereocenters. The van der Waals surface area contributed by atoms with Gasteiger partial charge < -0.3 is 9.15 Å². The number of hydrogen-bond acceptors (Lipinski definition) is 3. The summed E-state index contributed by atoms with van der Waals surface area (Å²) in [6.45, 7) is 0. The number of carbonyl (C=O) groups is 1. The summed E-state index contributed by atoms with van der Waals surface area (Å²) in [5.74, 6) is -0.217. The van der Waals surface area contributed by atoms with E-state index in [1.807, 2.05) is 18.2 Å². The van der Waals surface area contributed by atoms with Gasteiger partial charge in [0, 0.05) is 10.7 Å². The lowest BCUT2D eigenvalue weighted by molar-refractivity contribution is 0.0567. The Morgan fingerprint density at radius 2 is 2.27 bits per heavy atom. The molecule has 1 aromatic heterocycles. The molecule has 0 saturated carbocycles. The monoisotopic (exact) mass is 268 g/mol. The second-order valence-corrected chi connectivity index (χ2v) is 3.67. The van der Waals surface area contributed by atoms with Gasteiger partial charge in [-0.2, -0.15) is 0 Å².